The molecule has 1 N–H and O–H groups in total. The Morgan fingerprint density at radius 2 is 2.00 bits per heavy atom. The number of piperidine rings is 1. The molecule has 27 heavy (non-hydrogen) atoms. The fourth-order valence-corrected chi connectivity index (χ4v) is 6.04. The van der Waals surface area contributed by atoms with Gasteiger partial charge in [0.2, 0.25) is 15.9 Å². The predicted octanol–water partition coefficient (Wildman–Crippen LogP) is 2.96. The van der Waals surface area contributed by atoms with Crippen LogP contribution in [-0.2, 0) is 21.4 Å². The predicted molar refractivity (Wildman–Crippen MR) is 106 cm³/mol. The van der Waals surface area contributed by atoms with Gasteiger partial charge in [-0.15, -0.1) is 11.3 Å². The van der Waals surface area contributed by atoms with Crippen LogP contribution in [0.1, 0.15) is 47.5 Å². The van der Waals surface area contributed by atoms with Crippen molar-refractivity contribution in [3.05, 3.63) is 45.4 Å². The Bertz CT molecular complexity index is 929. The van der Waals surface area contributed by atoms with Crippen molar-refractivity contribution >= 4 is 27.3 Å². The fourth-order valence-electron chi connectivity index (χ4n) is 3.38. The van der Waals surface area contributed by atoms with Gasteiger partial charge in [0.15, 0.2) is 0 Å². The van der Waals surface area contributed by atoms with E-state index in [0.717, 1.165) is 34.7 Å². The first-order valence-electron chi connectivity index (χ1n) is 9.03. The summed E-state index contributed by atoms with van der Waals surface area (Å²) in [5, 5.41) is 5.74. The molecule has 0 radical (unpaired) electrons. The summed E-state index contributed by atoms with van der Waals surface area (Å²) in [5.74, 6) is 0.195. The van der Waals surface area contributed by atoms with Gasteiger partial charge in [0, 0.05) is 31.3 Å². The summed E-state index contributed by atoms with van der Waals surface area (Å²) in [6, 6.07) is 5.46. The van der Waals surface area contributed by atoms with Gasteiger partial charge in [0.1, 0.15) is 0 Å². The van der Waals surface area contributed by atoms with Crippen molar-refractivity contribution in [2.24, 2.45) is 0 Å². The molecule has 8 heteroatoms. The van der Waals surface area contributed by atoms with E-state index in [9.17, 15) is 13.2 Å². The Morgan fingerprint density at radius 1 is 1.30 bits per heavy atom. The minimum atomic E-state index is -3.46. The van der Waals surface area contributed by atoms with Crippen LogP contribution in [0.25, 0.3) is 0 Å². The van der Waals surface area contributed by atoms with E-state index >= 15 is 0 Å². The largest absolute Gasteiger partial charge is 0.351 e. The molecule has 1 fully saturated rings. The molecule has 0 saturated carbocycles. The highest BCUT2D eigenvalue weighted by atomic mass is 32.2. The number of hydrogen-bond donors (Lipinski definition) is 1. The Labute approximate surface area is 164 Å². The molecule has 1 aromatic heterocycles. The lowest BCUT2D eigenvalue weighted by atomic mass is 9.99. The monoisotopic (exact) mass is 407 g/mol. The van der Waals surface area contributed by atoms with Gasteiger partial charge < -0.3 is 5.32 Å². The van der Waals surface area contributed by atoms with Gasteiger partial charge in [-0.2, -0.15) is 4.31 Å². The molecule has 1 saturated heterocycles. The van der Waals surface area contributed by atoms with Gasteiger partial charge in [-0.3, -0.25) is 4.79 Å². The molecule has 1 aromatic carbocycles. The summed E-state index contributed by atoms with van der Waals surface area (Å²) in [5.41, 5.74) is 2.71. The number of thiazole rings is 1. The summed E-state index contributed by atoms with van der Waals surface area (Å²) in [7, 11) is -3.46. The number of carbonyl (C=O) groups excluding carboxylic acids is 1. The zero-order valence-electron chi connectivity index (χ0n) is 15.9. The van der Waals surface area contributed by atoms with E-state index in [0.29, 0.717) is 24.5 Å². The summed E-state index contributed by atoms with van der Waals surface area (Å²) in [6.07, 6.45) is 1.52. The number of benzene rings is 1. The number of carbonyl (C=O) groups is 1. The minimum Gasteiger partial charge on any atom is -0.351 e. The lowest BCUT2D eigenvalue weighted by Crippen LogP contribution is -2.38. The van der Waals surface area contributed by atoms with Crippen LogP contribution in [0, 0.1) is 13.8 Å². The number of rotatable bonds is 5. The van der Waals surface area contributed by atoms with E-state index in [-0.39, 0.29) is 11.8 Å². The molecule has 146 valence electrons. The molecule has 2 aromatic rings. The molecule has 6 nitrogen and oxygen atoms in total. The summed E-state index contributed by atoms with van der Waals surface area (Å²) in [6.45, 7) is 6.73. The molecule has 0 atom stereocenters. The lowest BCUT2D eigenvalue weighted by Gasteiger charge is -2.30. The number of nitrogens with zero attached hydrogens (tertiary/aromatic N) is 2. The Hall–Kier alpha value is -1.77. The van der Waals surface area contributed by atoms with Crippen LogP contribution in [-0.4, -0.2) is 36.7 Å². The summed E-state index contributed by atoms with van der Waals surface area (Å²) < 4.78 is 27.6. The van der Waals surface area contributed by atoms with Crippen LogP contribution in [0.4, 0.5) is 0 Å². The third-order valence-electron chi connectivity index (χ3n) is 4.84. The molecular weight excluding hydrogens is 382 g/mol. The van der Waals surface area contributed by atoms with Crippen LogP contribution in [0.5, 0.6) is 0 Å². The molecule has 2 heterocycles. The Balaban J connectivity index is 1.65. The number of hydrogen-bond acceptors (Lipinski definition) is 5. The molecule has 3 rings (SSSR count). The SMILES string of the molecule is CC(=O)NCc1csc(C2CCN(S(=O)(=O)c3ccc(C)cc3C)CC2)n1. The van der Waals surface area contributed by atoms with E-state index in [1.807, 2.05) is 31.4 Å². The zero-order chi connectivity index (χ0) is 19.6. The second-order valence-electron chi connectivity index (χ2n) is 7.03. The van der Waals surface area contributed by atoms with E-state index in [1.165, 1.54) is 6.92 Å². The van der Waals surface area contributed by atoms with E-state index < -0.39 is 10.0 Å². The molecule has 0 spiro atoms. The number of amides is 1. The third kappa shape index (κ3) is 4.56. The molecule has 1 aliphatic heterocycles. The first-order chi connectivity index (χ1) is 12.8. The van der Waals surface area contributed by atoms with Gasteiger partial charge in [-0.25, -0.2) is 13.4 Å². The summed E-state index contributed by atoms with van der Waals surface area (Å²) in [4.78, 5) is 16.0. The van der Waals surface area contributed by atoms with Gasteiger partial charge in [-0.1, -0.05) is 17.7 Å². The quantitative estimate of drug-likeness (QED) is 0.826. The van der Waals surface area contributed by atoms with Crippen LogP contribution in [0.3, 0.4) is 0 Å². The maximum Gasteiger partial charge on any atom is 0.243 e. The lowest BCUT2D eigenvalue weighted by molar-refractivity contribution is -0.119. The second kappa shape index (κ2) is 8.08. The standard InChI is InChI=1S/C19H25N3O3S2/c1-13-4-5-18(14(2)10-13)27(24,25)22-8-6-16(7-9-22)19-21-17(12-26-19)11-20-15(3)23/h4-5,10,12,16H,6-9,11H2,1-3H3,(H,20,23). The second-order valence-corrected chi connectivity index (χ2v) is 9.83. The van der Waals surface area contributed by atoms with Crippen LogP contribution >= 0.6 is 11.3 Å². The normalized spacial score (nSPS) is 16.4. The van der Waals surface area contributed by atoms with Crippen LogP contribution in [0.15, 0.2) is 28.5 Å². The zero-order valence-corrected chi connectivity index (χ0v) is 17.5. The molecule has 0 unspecified atom stereocenters. The maximum absolute atomic E-state index is 13.0. The van der Waals surface area contributed by atoms with Crippen LogP contribution < -0.4 is 5.32 Å². The van der Waals surface area contributed by atoms with E-state index in [2.05, 4.69) is 10.3 Å². The molecule has 0 bridgehead atoms. The highest BCUT2D eigenvalue weighted by molar-refractivity contribution is 7.89. The minimum absolute atomic E-state index is 0.0746. The smallest absolute Gasteiger partial charge is 0.243 e. The molecular formula is C19H25N3O3S2. The highest BCUT2D eigenvalue weighted by Crippen LogP contribution is 2.33. The topological polar surface area (TPSA) is 79.4 Å². The van der Waals surface area contributed by atoms with Gasteiger partial charge in [-0.05, 0) is 38.3 Å². The molecule has 1 aliphatic rings. The van der Waals surface area contributed by atoms with Crippen molar-refractivity contribution in [2.75, 3.05) is 13.1 Å². The average molecular weight is 408 g/mol. The number of aromatic nitrogens is 1. The van der Waals surface area contributed by atoms with Gasteiger partial charge in [0.05, 0.1) is 22.1 Å². The van der Waals surface area contributed by atoms with Crippen molar-refractivity contribution in [1.82, 2.24) is 14.6 Å². The Morgan fingerprint density at radius 3 is 2.63 bits per heavy atom. The van der Waals surface area contributed by atoms with Crippen molar-refractivity contribution < 1.29 is 13.2 Å². The van der Waals surface area contributed by atoms with Gasteiger partial charge in [0.25, 0.3) is 0 Å². The highest BCUT2D eigenvalue weighted by Gasteiger charge is 2.31. The van der Waals surface area contributed by atoms with E-state index in [4.69, 9.17) is 0 Å². The molecule has 1 amide bonds. The molecule has 0 aliphatic carbocycles. The van der Waals surface area contributed by atoms with Crippen LogP contribution in [0.2, 0.25) is 0 Å². The Kier molecular flexibility index (Phi) is 5.98. The average Bonchev–Trinajstić information content (AvgIpc) is 3.09. The van der Waals surface area contributed by atoms with Gasteiger partial charge >= 0.3 is 0 Å². The first-order valence-corrected chi connectivity index (χ1v) is 11.4. The van der Waals surface area contributed by atoms with Crippen molar-refractivity contribution in [3.63, 3.8) is 0 Å². The third-order valence-corrected chi connectivity index (χ3v) is 7.95. The number of sulfonamides is 1. The van der Waals surface area contributed by atoms with Crippen molar-refractivity contribution in [2.45, 2.75) is 51.0 Å². The number of nitrogens with one attached hydrogen (secondary N) is 1. The van der Waals surface area contributed by atoms with Crippen molar-refractivity contribution in [1.29, 1.82) is 0 Å². The summed E-state index contributed by atoms with van der Waals surface area (Å²) >= 11 is 1.59. The first kappa shape index (κ1) is 20.0. The fraction of sp³-hybridized carbons (Fsp3) is 0.474. The van der Waals surface area contributed by atoms with E-state index in [1.54, 1.807) is 21.7 Å². The van der Waals surface area contributed by atoms with Crippen molar-refractivity contribution in [3.8, 4) is 0 Å². The maximum atomic E-state index is 13.0. The number of aryl methyl sites for hydroxylation is 2.